The fourth-order valence-electron chi connectivity index (χ4n) is 2.97. The zero-order valence-electron chi connectivity index (χ0n) is 13.8. The van der Waals surface area contributed by atoms with Gasteiger partial charge in [0, 0.05) is 37.5 Å². The van der Waals surface area contributed by atoms with Crippen LogP contribution in [0.4, 0.5) is 0 Å². The van der Waals surface area contributed by atoms with Crippen molar-refractivity contribution in [1.82, 2.24) is 14.9 Å². The molecule has 25 heavy (non-hydrogen) atoms. The van der Waals surface area contributed by atoms with E-state index in [2.05, 4.69) is 22.4 Å². The fourth-order valence-corrected chi connectivity index (χ4v) is 2.97. The van der Waals surface area contributed by atoms with Crippen molar-refractivity contribution >= 4 is 5.91 Å². The highest BCUT2D eigenvalue weighted by atomic mass is 16.5. The van der Waals surface area contributed by atoms with E-state index >= 15 is 0 Å². The van der Waals surface area contributed by atoms with Crippen LogP contribution in [0.15, 0.2) is 61.2 Å². The number of nitrogens with zero attached hydrogens (tertiary/aromatic N) is 2. The maximum Gasteiger partial charge on any atom is 0.251 e. The first-order chi connectivity index (χ1) is 12.3. The zero-order chi connectivity index (χ0) is 17.1. The van der Waals surface area contributed by atoms with Crippen LogP contribution in [0.5, 0.6) is 5.75 Å². The zero-order valence-corrected chi connectivity index (χ0v) is 13.8. The Labute approximate surface area is 146 Å². The molecule has 0 bridgehead atoms. The van der Waals surface area contributed by atoms with Gasteiger partial charge in [-0.3, -0.25) is 4.79 Å². The second kappa shape index (κ2) is 6.81. The van der Waals surface area contributed by atoms with Crippen LogP contribution in [-0.2, 0) is 19.5 Å². The van der Waals surface area contributed by atoms with E-state index in [1.54, 1.807) is 12.5 Å². The number of fused-ring (bicyclic) bond motifs is 1. The number of amides is 1. The highest BCUT2D eigenvalue weighted by molar-refractivity contribution is 5.94. The lowest BCUT2D eigenvalue weighted by atomic mass is 10.1. The number of rotatable bonds is 5. The molecule has 1 aliphatic heterocycles. The molecule has 1 aromatic heterocycles. The van der Waals surface area contributed by atoms with Crippen LogP contribution in [0.25, 0.3) is 0 Å². The van der Waals surface area contributed by atoms with E-state index < -0.39 is 0 Å². The van der Waals surface area contributed by atoms with Gasteiger partial charge in [-0.15, -0.1) is 0 Å². The summed E-state index contributed by atoms with van der Waals surface area (Å²) in [6, 6.07) is 13.9. The van der Waals surface area contributed by atoms with Crippen molar-refractivity contribution in [2.75, 3.05) is 6.61 Å². The van der Waals surface area contributed by atoms with Crippen LogP contribution in [0, 0.1) is 0 Å². The fraction of sp³-hybridized carbons (Fsp3) is 0.200. The van der Waals surface area contributed by atoms with Crippen LogP contribution in [0.1, 0.15) is 27.0 Å². The molecule has 0 aliphatic carbocycles. The van der Waals surface area contributed by atoms with Crippen molar-refractivity contribution in [2.45, 2.75) is 19.5 Å². The molecule has 2 heterocycles. The number of benzene rings is 2. The van der Waals surface area contributed by atoms with Gasteiger partial charge in [-0.25, -0.2) is 4.98 Å². The van der Waals surface area contributed by atoms with Crippen molar-refractivity contribution in [2.24, 2.45) is 0 Å². The largest absolute Gasteiger partial charge is 0.493 e. The number of carbonyl (C=O) groups is 1. The molecule has 0 saturated carbocycles. The van der Waals surface area contributed by atoms with Gasteiger partial charge >= 0.3 is 0 Å². The summed E-state index contributed by atoms with van der Waals surface area (Å²) in [5.74, 6) is 0.835. The maximum atomic E-state index is 12.3. The SMILES string of the molecule is O=C(NCc1ccc(Cn2ccnc2)cc1)c1ccc2c(c1)CCO2. The third kappa shape index (κ3) is 3.55. The number of nitrogens with one attached hydrogen (secondary N) is 1. The van der Waals surface area contributed by atoms with E-state index in [4.69, 9.17) is 4.74 Å². The smallest absolute Gasteiger partial charge is 0.251 e. The average molecular weight is 333 g/mol. The molecule has 5 heteroatoms. The molecule has 0 radical (unpaired) electrons. The first-order valence-electron chi connectivity index (χ1n) is 8.35. The summed E-state index contributed by atoms with van der Waals surface area (Å²) < 4.78 is 7.50. The molecule has 1 N–H and O–H groups in total. The van der Waals surface area contributed by atoms with Gasteiger partial charge in [0.25, 0.3) is 5.91 Å². The summed E-state index contributed by atoms with van der Waals surface area (Å²) >= 11 is 0. The van der Waals surface area contributed by atoms with Gasteiger partial charge < -0.3 is 14.6 Å². The average Bonchev–Trinajstić information content (AvgIpc) is 3.31. The summed E-state index contributed by atoms with van der Waals surface area (Å²) in [4.78, 5) is 16.4. The van der Waals surface area contributed by atoms with Crippen molar-refractivity contribution in [3.05, 3.63) is 83.4 Å². The van der Waals surface area contributed by atoms with Gasteiger partial charge in [0.05, 0.1) is 12.9 Å². The van der Waals surface area contributed by atoms with Crippen LogP contribution in [0.2, 0.25) is 0 Å². The standard InChI is InChI=1S/C20H19N3O2/c24-20(18-5-6-19-17(11-18)7-10-25-19)22-12-15-1-3-16(4-2-15)13-23-9-8-21-14-23/h1-6,8-9,11,14H,7,10,12-13H2,(H,22,24). The number of carbonyl (C=O) groups excluding carboxylic acids is 1. The van der Waals surface area contributed by atoms with Gasteiger partial charge in [-0.1, -0.05) is 24.3 Å². The van der Waals surface area contributed by atoms with Gasteiger partial charge in [0.15, 0.2) is 0 Å². The molecular formula is C20H19N3O2. The Bertz CT molecular complexity index is 870. The normalized spacial score (nSPS) is 12.5. The molecule has 0 fully saturated rings. The van der Waals surface area contributed by atoms with E-state index in [0.29, 0.717) is 18.7 Å². The van der Waals surface area contributed by atoms with Crippen molar-refractivity contribution in [3.63, 3.8) is 0 Å². The topological polar surface area (TPSA) is 56.2 Å². The Morgan fingerprint density at radius 2 is 2.00 bits per heavy atom. The van der Waals surface area contributed by atoms with E-state index in [9.17, 15) is 4.79 Å². The van der Waals surface area contributed by atoms with E-state index in [-0.39, 0.29) is 5.91 Å². The summed E-state index contributed by atoms with van der Waals surface area (Å²) in [5, 5.41) is 2.98. The number of imidazole rings is 1. The molecule has 3 aromatic rings. The number of hydrogen-bond donors (Lipinski definition) is 1. The molecule has 1 aliphatic rings. The Balaban J connectivity index is 1.35. The third-order valence-electron chi connectivity index (χ3n) is 4.35. The summed E-state index contributed by atoms with van der Waals surface area (Å²) in [6.45, 7) is 2.01. The Morgan fingerprint density at radius 3 is 2.80 bits per heavy atom. The lowest BCUT2D eigenvalue weighted by Gasteiger charge is -2.08. The number of hydrogen-bond acceptors (Lipinski definition) is 3. The van der Waals surface area contributed by atoms with Gasteiger partial charge in [0.2, 0.25) is 0 Å². The van der Waals surface area contributed by atoms with Crippen LogP contribution in [0.3, 0.4) is 0 Å². The minimum Gasteiger partial charge on any atom is -0.493 e. The Hall–Kier alpha value is -3.08. The van der Waals surface area contributed by atoms with Gasteiger partial charge in [-0.05, 0) is 34.9 Å². The molecular weight excluding hydrogens is 314 g/mol. The monoisotopic (exact) mass is 333 g/mol. The lowest BCUT2D eigenvalue weighted by Crippen LogP contribution is -2.22. The molecule has 5 nitrogen and oxygen atoms in total. The Kier molecular flexibility index (Phi) is 4.21. The van der Waals surface area contributed by atoms with E-state index in [1.165, 1.54) is 5.56 Å². The first kappa shape index (κ1) is 15.4. The second-order valence-corrected chi connectivity index (χ2v) is 6.16. The molecule has 2 aromatic carbocycles. The van der Waals surface area contributed by atoms with E-state index in [1.807, 2.05) is 41.1 Å². The predicted octanol–water partition coefficient (Wildman–Crippen LogP) is 2.80. The van der Waals surface area contributed by atoms with Crippen molar-refractivity contribution < 1.29 is 9.53 Å². The molecule has 1 amide bonds. The number of ether oxygens (including phenoxy) is 1. The van der Waals surface area contributed by atoms with Crippen molar-refractivity contribution in [1.29, 1.82) is 0 Å². The first-order valence-corrected chi connectivity index (χ1v) is 8.35. The lowest BCUT2D eigenvalue weighted by molar-refractivity contribution is 0.0951. The van der Waals surface area contributed by atoms with Crippen LogP contribution < -0.4 is 10.1 Å². The summed E-state index contributed by atoms with van der Waals surface area (Å²) in [6.07, 6.45) is 6.38. The molecule has 4 rings (SSSR count). The minimum atomic E-state index is -0.0582. The molecule has 126 valence electrons. The minimum absolute atomic E-state index is 0.0582. The van der Waals surface area contributed by atoms with Crippen LogP contribution in [-0.4, -0.2) is 22.1 Å². The molecule has 0 spiro atoms. The summed E-state index contributed by atoms with van der Waals surface area (Å²) in [5.41, 5.74) is 4.07. The summed E-state index contributed by atoms with van der Waals surface area (Å²) in [7, 11) is 0. The van der Waals surface area contributed by atoms with Crippen molar-refractivity contribution in [3.8, 4) is 5.75 Å². The highest BCUT2D eigenvalue weighted by Crippen LogP contribution is 2.25. The molecule has 0 saturated heterocycles. The molecule has 0 atom stereocenters. The Morgan fingerprint density at radius 1 is 1.16 bits per heavy atom. The van der Waals surface area contributed by atoms with E-state index in [0.717, 1.165) is 29.8 Å². The second-order valence-electron chi connectivity index (χ2n) is 6.16. The predicted molar refractivity (Wildman–Crippen MR) is 94.6 cm³/mol. The van der Waals surface area contributed by atoms with Gasteiger partial charge in [0.1, 0.15) is 5.75 Å². The number of aromatic nitrogens is 2. The third-order valence-corrected chi connectivity index (χ3v) is 4.35. The quantitative estimate of drug-likeness (QED) is 0.781. The van der Waals surface area contributed by atoms with Gasteiger partial charge in [-0.2, -0.15) is 0 Å². The van der Waals surface area contributed by atoms with Crippen LogP contribution >= 0.6 is 0 Å². The highest BCUT2D eigenvalue weighted by Gasteiger charge is 2.14. The maximum absolute atomic E-state index is 12.3. The molecule has 0 unspecified atom stereocenters.